The zero-order chi connectivity index (χ0) is 14.8. The predicted octanol–water partition coefficient (Wildman–Crippen LogP) is 2.71. The molecule has 0 aliphatic carbocycles. The number of hydrogen-bond donors (Lipinski definition) is 1. The topological polar surface area (TPSA) is 63.0 Å². The molecule has 1 atom stereocenters. The molecule has 21 heavy (non-hydrogen) atoms. The molecule has 2 aliphatic rings. The average molecular weight is 344 g/mol. The highest BCUT2D eigenvalue weighted by Crippen LogP contribution is 2.26. The Morgan fingerprint density at radius 1 is 1.43 bits per heavy atom. The molecule has 0 spiro atoms. The van der Waals surface area contributed by atoms with E-state index in [0.29, 0.717) is 27.3 Å². The second-order valence-corrected chi connectivity index (χ2v) is 6.41. The Hall–Kier alpha value is -1.24. The summed E-state index contributed by atoms with van der Waals surface area (Å²) in [6.07, 6.45) is -0.291. The average Bonchev–Trinajstić information content (AvgIpc) is 3.09. The number of oxime groups is 1. The molecule has 2 aliphatic heterocycles. The van der Waals surface area contributed by atoms with Gasteiger partial charge in [-0.1, -0.05) is 46.2 Å². The van der Waals surface area contributed by atoms with Crippen LogP contribution in [0.15, 0.2) is 28.3 Å². The molecular weight excluding hydrogens is 333 g/mol. The largest absolute Gasteiger partial charge is 0.382 e. The number of carbonyl (C=O) groups excluding carboxylic acids is 1. The van der Waals surface area contributed by atoms with Gasteiger partial charge in [-0.2, -0.15) is 0 Å². The van der Waals surface area contributed by atoms with E-state index in [4.69, 9.17) is 28.0 Å². The fraction of sp³-hybridized carbons (Fsp3) is 0.308. The van der Waals surface area contributed by atoms with Crippen LogP contribution >= 0.6 is 35.0 Å². The molecule has 0 radical (unpaired) electrons. The van der Waals surface area contributed by atoms with Gasteiger partial charge in [0.05, 0.1) is 17.3 Å². The lowest BCUT2D eigenvalue weighted by atomic mass is 10.0. The Labute approximate surface area is 135 Å². The number of amides is 1. The molecule has 0 unspecified atom stereocenters. The van der Waals surface area contributed by atoms with Crippen molar-refractivity contribution >= 4 is 51.8 Å². The lowest BCUT2D eigenvalue weighted by molar-refractivity contribution is -0.129. The lowest BCUT2D eigenvalue weighted by Gasteiger charge is -2.08. The number of thioether (sulfide) groups is 1. The molecule has 0 aromatic heterocycles. The SMILES string of the molecule is O=C(NC1=NCCS1)[C@H]1CC(c2ccc(Cl)cc2Cl)=NO1. The summed E-state index contributed by atoms with van der Waals surface area (Å²) in [5.74, 6) is 0.649. The van der Waals surface area contributed by atoms with Crippen LogP contribution in [0.3, 0.4) is 0 Å². The summed E-state index contributed by atoms with van der Waals surface area (Å²) in [6, 6.07) is 5.13. The van der Waals surface area contributed by atoms with Gasteiger partial charge in [0.2, 0.25) is 6.10 Å². The van der Waals surface area contributed by atoms with E-state index in [0.717, 1.165) is 17.9 Å². The lowest BCUT2D eigenvalue weighted by Crippen LogP contribution is -2.37. The number of nitrogens with zero attached hydrogens (tertiary/aromatic N) is 2. The first kappa shape index (κ1) is 14.7. The number of nitrogens with one attached hydrogen (secondary N) is 1. The molecule has 1 N–H and O–H groups in total. The molecule has 0 fully saturated rings. The maximum atomic E-state index is 12.1. The molecule has 0 saturated carbocycles. The first-order valence-corrected chi connectivity index (χ1v) is 8.04. The van der Waals surface area contributed by atoms with E-state index in [1.165, 1.54) is 11.8 Å². The van der Waals surface area contributed by atoms with Crippen LogP contribution in [0.4, 0.5) is 0 Å². The normalized spacial score (nSPS) is 20.8. The third-order valence-electron chi connectivity index (χ3n) is 3.02. The van der Waals surface area contributed by atoms with Crippen molar-refractivity contribution in [2.45, 2.75) is 12.5 Å². The molecule has 110 valence electrons. The first-order chi connectivity index (χ1) is 10.1. The minimum absolute atomic E-state index is 0.244. The van der Waals surface area contributed by atoms with Crippen molar-refractivity contribution in [3.63, 3.8) is 0 Å². The van der Waals surface area contributed by atoms with Crippen molar-refractivity contribution < 1.29 is 9.63 Å². The third-order valence-corrected chi connectivity index (χ3v) is 4.46. The van der Waals surface area contributed by atoms with Crippen molar-refractivity contribution in [2.24, 2.45) is 10.1 Å². The fourth-order valence-electron chi connectivity index (χ4n) is 2.00. The molecule has 2 heterocycles. The fourth-order valence-corrected chi connectivity index (χ4v) is 3.25. The summed E-state index contributed by atoms with van der Waals surface area (Å²) in [5.41, 5.74) is 1.36. The Morgan fingerprint density at radius 2 is 2.29 bits per heavy atom. The van der Waals surface area contributed by atoms with E-state index < -0.39 is 6.10 Å². The van der Waals surface area contributed by atoms with Crippen LogP contribution in [0.1, 0.15) is 12.0 Å². The number of aliphatic imine (C=N–C) groups is 1. The number of amidine groups is 1. The number of rotatable bonds is 2. The zero-order valence-corrected chi connectivity index (χ0v) is 13.1. The highest BCUT2D eigenvalue weighted by Gasteiger charge is 2.30. The summed E-state index contributed by atoms with van der Waals surface area (Å²) >= 11 is 13.5. The van der Waals surface area contributed by atoms with Crippen molar-refractivity contribution in [3.8, 4) is 0 Å². The van der Waals surface area contributed by atoms with E-state index in [-0.39, 0.29) is 5.91 Å². The van der Waals surface area contributed by atoms with Gasteiger partial charge in [-0.25, -0.2) is 0 Å². The van der Waals surface area contributed by atoms with E-state index in [2.05, 4.69) is 15.5 Å². The van der Waals surface area contributed by atoms with Gasteiger partial charge in [0.25, 0.3) is 5.91 Å². The minimum atomic E-state index is -0.657. The van der Waals surface area contributed by atoms with Gasteiger partial charge in [-0.15, -0.1) is 0 Å². The maximum absolute atomic E-state index is 12.1. The Balaban J connectivity index is 1.65. The van der Waals surface area contributed by atoms with Crippen molar-refractivity contribution in [3.05, 3.63) is 33.8 Å². The third kappa shape index (κ3) is 3.33. The van der Waals surface area contributed by atoms with Gasteiger partial charge < -0.3 is 10.2 Å². The van der Waals surface area contributed by atoms with Crippen molar-refractivity contribution in [1.82, 2.24) is 5.32 Å². The quantitative estimate of drug-likeness (QED) is 0.897. The van der Waals surface area contributed by atoms with Crippen LogP contribution in [0.25, 0.3) is 0 Å². The summed E-state index contributed by atoms with van der Waals surface area (Å²) < 4.78 is 0. The number of halogens is 2. The highest BCUT2D eigenvalue weighted by molar-refractivity contribution is 8.14. The van der Waals surface area contributed by atoms with Gasteiger partial charge in [-0.05, 0) is 12.1 Å². The summed E-state index contributed by atoms with van der Waals surface area (Å²) in [6.45, 7) is 0.730. The van der Waals surface area contributed by atoms with E-state index in [9.17, 15) is 4.79 Å². The molecule has 1 amide bonds. The van der Waals surface area contributed by atoms with Crippen LogP contribution in [0, 0.1) is 0 Å². The maximum Gasteiger partial charge on any atom is 0.270 e. The Kier molecular flexibility index (Phi) is 4.37. The van der Waals surface area contributed by atoms with Gasteiger partial charge >= 0.3 is 0 Å². The van der Waals surface area contributed by atoms with Crippen LogP contribution in [0.5, 0.6) is 0 Å². The highest BCUT2D eigenvalue weighted by atomic mass is 35.5. The van der Waals surface area contributed by atoms with E-state index >= 15 is 0 Å². The zero-order valence-electron chi connectivity index (χ0n) is 10.8. The second kappa shape index (κ2) is 6.25. The summed E-state index contributed by atoms with van der Waals surface area (Å²) in [7, 11) is 0. The van der Waals surface area contributed by atoms with Crippen LogP contribution in [0.2, 0.25) is 10.0 Å². The van der Waals surface area contributed by atoms with Crippen molar-refractivity contribution in [2.75, 3.05) is 12.3 Å². The summed E-state index contributed by atoms with van der Waals surface area (Å²) in [4.78, 5) is 21.4. The van der Waals surface area contributed by atoms with Gasteiger partial charge in [0.15, 0.2) is 5.17 Å². The molecular formula is C13H11Cl2N3O2S. The smallest absolute Gasteiger partial charge is 0.270 e. The van der Waals surface area contributed by atoms with Crippen LogP contribution < -0.4 is 5.32 Å². The molecule has 0 bridgehead atoms. The standard InChI is InChI=1S/C13H11Cl2N3O2S/c14-7-1-2-8(9(15)5-7)10-6-11(20-18-10)12(19)17-13-16-3-4-21-13/h1-2,5,11H,3-4,6H2,(H,16,17,19)/t11-/m1/s1. The first-order valence-electron chi connectivity index (χ1n) is 6.30. The monoisotopic (exact) mass is 343 g/mol. The van der Waals surface area contributed by atoms with Crippen molar-refractivity contribution in [1.29, 1.82) is 0 Å². The van der Waals surface area contributed by atoms with Gasteiger partial charge in [0.1, 0.15) is 0 Å². The minimum Gasteiger partial charge on any atom is -0.382 e. The van der Waals surface area contributed by atoms with E-state index in [1.807, 2.05) is 0 Å². The molecule has 5 nitrogen and oxygen atoms in total. The van der Waals surface area contributed by atoms with E-state index in [1.54, 1.807) is 18.2 Å². The predicted molar refractivity (Wildman–Crippen MR) is 85.4 cm³/mol. The Morgan fingerprint density at radius 3 is 3.00 bits per heavy atom. The van der Waals surface area contributed by atoms with Crippen LogP contribution in [-0.4, -0.2) is 35.2 Å². The van der Waals surface area contributed by atoms with Gasteiger partial charge in [-0.3, -0.25) is 9.79 Å². The molecule has 3 rings (SSSR count). The number of benzene rings is 1. The summed E-state index contributed by atoms with van der Waals surface area (Å²) in [5, 5.41) is 8.37. The molecule has 1 aromatic rings. The number of hydrogen-bond acceptors (Lipinski definition) is 5. The molecule has 8 heteroatoms. The molecule has 1 aromatic carbocycles. The van der Waals surface area contributed by atoms with Crippen LogP contribution in [-0.2, 0) is 9.63 Å². The number of carbonyl (C=O) groups is 1. The molecule has 0 saturated heterocycles. The van der Waals surface area contributed by atoms with Gasteiger partial charge in [0, 0.05) is 22.8 Å². The Bertz CT molecular complexity index is 648. The second-order valence-electron chi connectivity index (χ2n) is 4.48.